The predicted octanol–water partition coefficient (Wildman–Crippen LogP) is 0.760. The highest BCUT2D eigenvalue weighted by molar-refractivity contribution is 7.89. The highest BCUT2D eigenvalue weighted by atomic mass is 32.2. The molecule has 2 aromatic carbocycles. The smallest absolute Gasteiger partial charge is 0.293 e. The number of hydrogen-bond acceptors (Lipinski definition) is 5. The molecule has 0 saturated heterocycles. The Labute approximate surface area is 153 Å². The summed E-state index contributed by atoms with van der Waals surface area (Å²) in [6.45, 7) is 1.24. The number of benzene rings is 2. The maximum atomic E-state index is 11.9. The lowest BCUT2D eigenvalue weighted by molar-refractivity contribution is -0.872. The Morgan fingerprint density at radius 2 is 1.77 bits per heavy atom. The van der Waals surface area contributed by atoms with Gasteiger partial charge >= 0.3 is 0 Å². The summed E-state index contributed by atoms with van der Waals surface area (Å²) in [5.41, 5.74) is 2.18. The van der Waals surface area contributed by atoms with E-state index in [1.54, 1.807) is 0 Å². The van der Waals surface area contributed by atoms with Gasteiger partial charge in [0.1, 0.15) is 12.2 Å². The van der Waals surface area contributed by atoms with Gasteiger partial charge in [0.2, 0.25) is 10.0 Å². The quantitative estimate of drug-likeness (QED) is 0.464. The molecule has 0 amide bonds. The lowest BCUT2D eigenvalue weighted by Crippen LogP contribution is -3.04. The minimum Gasteiger partial charge on any atom is -0.375 e. The predicted molar refractivity (Wildman–Crippen MR) is 99.6 cm³/mol. The summed E-state index contributed by atoms with van der Waals surface area (Å²) in [6.07, 6.45) is 0. The van der Waals surface area contributed by atoms with E-state index in [-0.39, 0.29) is 16.3 Å². The number of nitro groups is 1. The number of hydrogen-bond donors (Lipinski definition) is 3. The first-order valence-corrected chi connectivity index (χ1v) is 9.54. The van der Waals surface area contributed by atoms with Gasteiger partial charge < -0.3 is 10.2 Å². The molecule has 140 valence electrons. The van der Waals surface area contributed by atoms with Crippen molar-refractivity contribution in [2.75, 3.05) is 26.5 Å². The minimum atomic E-state index is -3.74. The van der Waals surface area contributed by atoms with Gasteiger partial charge in [-0.1, -0.05) is 24.3 Å². The third kappa shape index (κ3) is 4.78. The Hall–Kier alpha value is -2.49. The Balaban J connectivity index is 2.29. The molecule has 8 nitrogen and oxygen atoms in total. The molecule has 0 atom stereocenters. The molecule has 0 radical (unpaired) electrons. The van der Waals surface area contributed by atoms with Crippen LogP contribution in [0, 0.1) is 10.1 Å². The zero-order chi connectivity index (χ0) is 19.3. The van der Waals surface area contributed by atoms with Gasteiger partial charge in [0.15, 0.2) is 0 Å². The minimum absolute atomic E-state index is 0.145. The highest BCUT2D eigenvalue weighted by Crippen LogP contribution is 2.28. The third-order valence-electron chi connectivity index (χ3n) is 3.88. The van der Waals surface area contributed by atoms with Crippen molar-refractivity contribution in [2.24, 2.45) is 0 Å². The van der Waals surface area contributed by atoms with Crippen molar-refractivity contribution in [1.29, 1.82) is 0 Å². The number of anilines is 1. The van der Waals surface area contributed by atoms with Crippen molar-refractivity contribution in [1.82, 2.24) is 4.72 Å². The van der Waals surface area contributed by atoms with Crippen LogP contribution in [0.3, 0.4) is 0 Å². The number of quaternary nitrogens is 1. The van der Waals surface area contributed by atoms with Gasteiger partial charge in [-0.25, -0.2) is 13.1 Å². The molecule has 3 N–H and O–H groups in total. The van der Waals surface area contributed by atoms with Gasteiger partial charge in [-0.2, -0.15) is 0 Å². The molecular weight excluding hydrogens is 356 g/mol. The first-order valence-electron chi connectivity index (χ1n) is 8.06. The molecule has 0 aliphatic heterocycles. The zero-order valence-corrected chi connectivity index (χ0v) is 15.8. The van der Waals surface area contributed by atoms with E-state index in [0.717, 1.165) is 23.7 Å². The summed E-state index contributed by atoms with van der Waals surface area (Å²) in [6, 6.07) is 11.7. The van der Waals surface area contributed by atoms with Crippen molar-refractivity contribution in [3.8, 4) is 0 Å². The van der Waals surface area contributed by atoms with Crippen LogP contribution in [-0.4, -0.2) is 34.5 Å². The second kappa shape index (κ2) is 8.26. The molecule has 0 unspecified atom stereocenters. The van der Waals surface area contributed by atoms with E-state index in [2.05, 4.69) is 24.1 Å². The van der Waals surface area contributed by atoms with Crippen molar-refractivity contribution >= 4 is 21.4 Å². The van der Waals surface area contributed by atoms with Gasteiger partial charge in [0.05, 0.1) is 23.9 Å². The highest BCUT2D eigenvalue weighted by Gasteiger charge is 2.20. The van der Waals surface area contributed by atoms with E-state index in [4.69, 9.17) is 0 Å². The van der Waals surface area contributed by atoms with Gasteiger partial charge in [-0.05, 0) is 24.7 Å². The second-order valence-electron chi connectivity index (χ2n) is 6.15. The normalized spacial score (nSPS) is 11.5. The summed E-state index contributed by atoms with van der Waals surface area (Å²) in [5, 5.41) is 14.4. The van der Waals surface area contributed by atoms with E-state index in [1.807, 2.05) is 24.3 Å². The van der Waals surface area contributed by atoms with E-state index in [9.17, 15) is 18.5 Å². The van der Waals surface area contributed by atoms with Crippen LogP contribution in [0.1, 0.15) is 11.1 Å². The van der Waals surface area contributed by atoms with Crippen LogP contribution < -0.4 is 14.9 Å². The fraction of sp³-hybridized carbons (Fsp3) is 0.294. The molecule has 26 heavy (non-hydrogen) atoms. The van der Waals surface area contributed by atoms with E-state index >= 15 is 0 Å². The largest absolute Gasteiger partial charge is 0.375 e. The van der Waals surface area contributed by atoms with Crippen LogP contribution in [0.5, 0.6) is 0 Å². The van der Waals surface area contributed by atoms with Crippen LogP contribution in [0.15, 0.2) is 47.4 Å². The van der Waals surface area contributed by atoms with Gasteiger partial charge in [0, 0.05) is 18.2 Å². The van der Waals surface area contributed by atoms with E-state index in [1.165, 1.54) is 24.1 Å². The Morgan fingerprint density at radius 1 is 1.12 bits per heavy atom. The molecule has 0 fully saturated rings. The maximum Gasteiger partial charge on any atom is 0.293 e. The van der Waals surface area contributed by atoms with Gasteiger partial charge in [-0.3, -0.25) is 10.1 Å². The maximum absolute atomic E-state index is 11.9. The van der Waals surface area contributed by atoms with E-state index < -0.39 is 14.9 Å². The van der Waals surface area contributed by atoms with Crippen LogP contribution in [-0.2, 0) is 23.1 Å². The van der Waals surface area contributed by atoms with Gasteiger partial charge in [-0.15, -0.1) is 0 Å². The third-order valence-corrected chi connectivity index (χ3v) is 5.29. The van der Waals surface area contributed by atoms with Crippen molar-refractivity contribution in [3.63, 3.8) is 0 Å². The molecule has 0 saturated carbocycles. The van der Waals surface area contributed by atoms with Crippen LogP contribution in [0.4, 0.5) is 11.4 Å². The SMILES string of the molecule is CNS(=O)(=O)c1ccc(NCc2ccccc2C[NH+](C)C)c([N+](=O)[O-])c1. The average molecular weight is 379 g/mol. The monoisotopic (exact) mass is 379 g/mol. The molecule has 0 bridgehead atoms. The first kappa shape index (κ1) is 19.8. The molecule has 2 rings (SSSR count). The Kier molecular flexibility index (Phi) is 6.30. The van der Waals surface area contributed by atoms with Crippen molar-refractivity contribution in [2.45, 2.75) is 18.0 Å². The number of nitrogens with zero attached hydrogens (tertiary/aromatic N) is 1. The molecule has 0 heterocycles. The molecule has 0 aliphatic rings. The lowest BCUT2D eigenvalue weighted by atomic mass is 10.1. The standard InChI is InChI=1S/C17H22N4O4S/c1-18-26(24,25)15-8-9-16(17(10-15)21(22)23)19-11-13-6-4-5-7-14(13)12-20(2)3/h4-10,18-19H,11-12H2,1-3H3/p+1. The van der Waals surface area contributed by atoms with E-state index in [0.29, 0.717) is 6.54 Å². The molecule has 2 aromatic rings. The van der Waals surface area contributed by atoms with Crippen LogP contribution >= 0.6 is 0 Å². The van der Waals surface area contributed by atoms with Crippen molar-refractivity contribution in [3.05, 3.63) is 63.7 Å². The molecular formula is C17H23N4O4S+. The first-order chi connectivity index (χ1) is 12.2. The average Bonchev–Trinajstić information content (AvgIpc) is 2.60. The van der Waals surface area contributed by atoms with Crippen LogP contribution in [0.2, 0.25) is 0 Å². The Morgan fingerprint density at radius 3 is 2.35 bits per heavy atom. The molecule has 0 aliphatic carbocycles. The number of sulfonamides is 1. The van der Waals surface area contributed by atoms with Gasteiger partial charge in [0.25, 0.3) is 5.69 Å². The summed E-state index contributed by atoms with van der Waals surface area (Å²) < 4.78 is 25.9. The Bertz CT molecular complexity index is 897. The lowest BCUT2D eigenvalue weighted by Gasteiger charge is -2.14. The fourth-order valence-corrected chi connectivity index (χ4v) is 3.32. The fourth-order valence-electron chi connectivity index (χ4n) is 2.57. The number of nitro benzene ring substituents is 1. The summed E-state index contributed by atoms with van der Waals surface area (Å²) in [5.74, 6) is 0. The topological polar surface area (TPSA) is 106 Å². The summed E-state index contributed by atoms with van der Waals surface area (Å²) in [4.78, 5) is 11.9. The summed E-state index contributed by atoms with van der Waals surface area (Å²) >= 11 is 0. The molecule has 0 spiro atoms. The number of nitrogens with one attached hydrogen (secondary N) is 3. The van der Waals surface area contributed by atoms with Crippen molar-refractivity contribution < 1.29 is 18.2 Å². The van der Waals surface area contributed by atoms with Crippen LogP contribution in [0.25, 0.3) is 0 Å². The zero-order valence-electron chi connectivity index (χ0n) is 14.9. The summed E-state index contributed by atoms with van der Waals surface area (Å²) in [7, 11) is 1.62. The molecule has 9 heteroatoms. The molecule has 0 aromatic heterocycles. The number of rotatable bonds is 8. The second-order valence-corrected chi connectivity index (χ2v) is 8.04.